The first kappa shape index (κ1) is 17.5. The second kappa shape index (κ2) is 8.18. The highest BCUT2D eigenvalue weighted by molar-refractivity contribution is 5.96. The van der Waals surface area contributed by atoms with Crippen LogP contribution in [0.25, 0.3) is 0 Å². The van der Waals surface area contributed by atoms with E-state index in [0.29, 0.717) is 17.9 Å². The zero-order valence-electron chi connectivity index (χ0n) is 14.8. The first-order valence-corrected chi connectivity index (χ1v) is 8.55. The van der Waals surface area contributed by atoms with E-state index in [1.54, 1.807) is 19.2 Å². The van der Waals surface area contributed by atoms with Crippen LogP contribution in [-0.2, 0) is 11.8 Å². The summed E-state index contributed by atoms with van der Waals surface area (Å²) in [7, 11) is 3.61. The molecule has 1 atom stereocenters. The number of benzene rings is 1. The van der Waals surface area contributed by atoms with Crippen molar-refractivity contribution < 1.29 is 14.3 Å². The van der Waals surface area contributed by atoms with Crippen LogP contribution in [0.15, 0.2) is 42.6 Å². The van der Waals surface area contributed by atoms with Gasteiger partial charge in [0, 0.05) is 38.6 Å². The molecule has 6 nitrogen and oxygen atoms in total. The minimum atomic E-state index is -0.120. The number of methoxy groups -OCH3 is 1. The van der Waals surface area contributed by atoms with Crippen molar-refractivity contribution in [3.8, 4) is 5.75 Å². The van der Waals surface area contributed by atoms with E-state index in [2.05, 4.69) is 20.9 Å². The molecule has 134 valence electrons. The van der Waals surface area contributed by atoms with Crippen LogP contribution >= 0.6 is 0 Å². The number of hydrogen-bond acceptors (Lipinski definition) is 4. The van der Waals surface area contributed by atoms with Gasteiger partial charge in [0.2, 0.25) is 0 Å². The van der Waals surface area contributed by atoms with E-state index < -0.39 is 0 Å². The number of aryl methyl sites for hydroxylation is 1. The quantitative estimate of drug-likeness (QED) is 0.870. The van der Waals surface area contributed by atoms with Crippen molar-refractivity contribution in [2.75, 3.05) is 40.0 Å². The third kappa shape index (κ3) is 4.03. The molecule has 0 spiro atoms. The minimum Gasteiger partial charge on any atom is -0.496 e. The molecular formula is C19H25N3O3. The molecule has 1 aliphatic rings. The summed E-state index contributed by atoms with van der Waals surface area (Å²) < 4.78 is 12.9. The molecule has 1 aliphatic heterocycles. The molecule has 2 aromatic rings. The van der Waals surface area contributed by atoms with Gasteiger partial charge in [0.15, 0.2) is 0 Å². The summed E-state index contributed by atoms with van der Waals surface area (Å²) in [4.78, 5) is 15.0. The lowest BCUT2D eigenvalue weighted by Gasteiger charge is -2.35. The van der Waals surface area contributed by atoms with E-state index in [-0.39, 0.29) is 11.9 Å². The molecule has 1 amide bonds. The van der Waals surface area contributed by atoms with Gasteiger partial charge in [-0.05, 0) is 24.3 Å². The van der Waals surface area contributed by atoms with Gasteiger partial charge in [-0.1, -0.05) is 12.1 Å². The Kier molecular flexibility index (Phi) is 5.73. The normalized spacial score (nSPS) is 16.4. The van der Waals surface area contributed by atoms with Gasteiger partial charge in [0.05, 0.1) is 31.9 Å². The number of carbonyl (C=O) groups excluding carboxylic acids is 1. The van der Waals surface area contributed by atoms with Gasteiger partial charge in [-0.3, -0.25) is 9.69 Å². The molecule has 25 heavy (non-hydrogen) atoms. The summed E-state index contributed by atoms with van der Waals surface area (Å²) in [5.74, 6) is 0.465. The molecule has 3 rings (SSSR count). The van der Waals surface area contributed by atoms with Crippen molar-refractivity contribution in [2.45, 2.75) is 6.04 Å². The number of ether oxygens (including phenoxy) is 2. The van der Waals surface area contributed by atoms with Crippen LogP contribution in [0.3, 0.4) is 0 Å². The molecule has 1 N–H and O–H groups in total. The molecule has 1 aromatic heterocycles. The number of para-hydroxylation sites is 1. The van der Waals surface area contributed by atoms with Crippen LogP contribution in [-0.4, -0.2) is 55.3 Å². The molecule has 0 radical (unpaired) electrons. The van der Waals surface area contributed by atoms with Crippen LogP contribution in [0, 0.1) is 0 Å². The fourth-order valence-electron chi connectivity index (χ4n) is 3.25. The lowest BCUT2D eigenvalue weighted by atomic mass is 10.1. The Balaban J connectivity index is 1.74. The molecule has 1 fully saturated rings. The summed E-state index contributed by atoms with van der Waals surface area (Å²) in [6.07, 6.45) is 2.03. The maximum atomic E-state index is 12.6. The van der Waals surface area contributed by atoms with Crippen LogP contribution in [0.5, 0.6) is 5.75 Å². The maximum Gasteiger partial charge on any atom is 0.255 e. The van der Waals surface area contributed by atoms with E-state index >= 15 is 0 Å². The second-order valence-corrected chi connectivity index (χ2v) is 6.12. The molecule has 0 bridgehead atoms. The van der Waals surface area contributed by atoms with Gasteiger partial charge in [-0.25, -0.2) is 0 Å². The van der Waals surface area contributed by atoms with Crippen molar-refractivity contribution in [1.29, 1.82) is 0 Å². The highest BCUT2D eigenvalue weighted by Crippen LogP contribution is 2.22. The number of rotatable bonds is 6. The Hall–Kier alpha value is -2.31. The average molecular weight is 343 g/mol. The number of aromatic nitrogens is 1. The standard InChI is InChI=1S/C19H25N3O3/c1-21-9-5-7-16(21)17(22-10-12-25-13-11-22)14-20-19(23)15-6-3-4-8-18(15)24-2/h3-9,17H,10-14H2,1-2H3,(H,20,23)/t17-/m0/s1. The van der Waals surface area contributed by atoms with Crippen LogP contribution in [0.4, 0.5) is 0 Å². The number of amides is 1. The molecule has 1 saturated heterocycles. The summed E-state index contributed by atoms with van der Waals surface area (Å²) in [6.45, 7) is 3.71. The van der Waals surface area contributed by atoms with Crippen LogP contribution in [0.1, 0.15) is 22.1 Å². The van der Waals surface area contributed by atoms with Gasteiger partial charge in [-0.15, -0.1) is 0 Å². The second-order valence-electron chi connectivity index (χ2n) is 6.12. The number of nitrogens with zero attached hydrogens (tertiary/aromatic N) is 2. The third-order valence-corrected chi connectivity index (χ3v) is 4.62. The van der Waals surface area contributed by atoms with E-state index in [0.717, 1.165) is 26.3 Å². The summed E-state index contributed by atoms with van der Waals surface area (Å²) in [5, 5.41) is 3.07. The molecule has 2 heterocycles. The fourth-order valence-corrected chi connectivity index (χ4v) is 3.25. The van der Waals surface area contributed by atoms with Gasteiger partial charge in [0.25, 0.3) is 5.91 Å². The zero-order valence-corrected chi connectivity index (χ0v) is 14.8. The Labute approximate surface area is 148 Å². The summed E-state index contributed by atoms with van der Waals surface area (Å²) in [5.41, 5.74) is 1.74. The van der Waals surface area contributed by atoms with Crippen molar-refractivity contribution >= 4 is 5.91 Å². The monoisotopic (exact) mass is 343 g/mol. The van der Waals surface area contributed by atoms with Crippen molar-refractivity contribution in [1.82, 2.24) is 14.8 Å². The molecule has 1 aromatic carbocycles. The number of morpholine rings is 1. The first-order chi connectivity index (χ1) is 12.2. The predicted molar refractivity (Wildman–Crippen MR) is 95.9 cm³/mol. The fraction of sp³-hybridized carbons (Fsp3) is 0.421. The van der Waals surface area contributed by atoms with Crippen LogP contribution < -0.4 is 10.1 Å². The molecular weight excluding hydrogens is 318 g/mol. The topological polar surface area (TPSA) is 55.7 Å². The largest absolute Gasteiger partial charge is 0.496 e. The first-order valence-electron chi connectivity index (χ1n) is 8.55. The Morgan fingerprint density at radius 2 is 2.00 bits per heavy atom. The van der Waals surface area contributed by atoms with E-state index in [1.165, 1.54) is 5.69 Å². The minimum absolute atomic E-state index is 0.113. The lowest BCUT2D eigenvalue weighted by Crippen LogP contribution is -2.44. The molecule has 0 aliphatic carbocycles. The SMILES string of the molecule is COc1ccccc1C(=O)NC[C@@H](c1cccn1C)N1CCOCC1. The van der Waals surface area contributed by atoms with Crippen molar-refractivity contribution in [2.24, 2.45) is 7.05 Å². The van der Waals surface area contributed by atoms with Crippen molar-refractivity contribution in [3.05, 3.63) is 53.9 Å². The molecule has 0 unspecified atom stereocenters. The predicted octanol–water partition coefficient (Wildman–Crippen LogP) is 1.84. The van der Waals surface area contributed by atoms with E-state index in [1.807, 2.05) is 31.4 Å². The smallest absolute Gasteiger partial charge is 0.255 e. The highest BCUT2D eigenvalue weighted by Gasteiger charge is 2.25. The Morgan fingerprint density at radius 1 is 1.24 bits per heavy atom. The van der Waals surface area contributed by atoms with Crippen molar-refractivity contribution in [3.63, 3.8) is 0 Å². The molecule has 0 saturated carbocycles. The summed E-state index contributed by atoms with van der Waals surface area (Å²) >= 11 is 0. The average Bonchev–Trinajstić information content (AvgIpc) is 3.08. The highest BCUT2D eigenvalue weighted by atomic mass is 16.5. The summed E-state index contributed by atoms with van der Waals surface area (Å²) in [6, 6.07) is 11.5. The number of nitrogens with one attached hydrogen (secondary N) is 1. The van der Waals surface area contributed by atoms with Gasteiger partial charge < -0.3 is 19.4 Å². The zero-order chi connectivity index (χ0) is 17.6. The Bertz CT molecular complexity index is 707. The van der Waals surface area contributed by atoms with Gasteiger partial charge in [0.1, 0.15) is 5.75 Å². The molecule has 6 heteroatoms. The Morgan fingerprint density at radius 3 is 2.68 bits per heavy atom. The third-order valence-electron chi connectivity index (χ3n) is 4.62. The maximum absolute atomic E-state index is 12.6. The van der Waals surface area contributed by atoms with Gasteiger partial charge in [-0.2, -0.15) is 0 Å². The van der Waals surface area contributed by atoms with E-state index in [4.69, 9.17) is 9.47 Å². The lowest BCUT2D eigenvalue weighted by molar-refractivity contribution is 0.0148. The number of carbonyl (C=O) groups is 1. The van der Waals surface area contributed by atoms with Crippen LogP contribution in [0.2, 0.25) is 0 Å². The number of hydrogen-bond donors (Lipinski definition) is 1. The van der Waals surface area contributed by atoms with E-state index in [9.17, 15) is 4.79 Å². The van der Waals surface area contributed by atoms with Gasteiger partial charge >= 0.3 is 0 Å².